The van der Waals surface area contributed by atoms with Crippen LogP contribution < -0.4 is 15.2 Å². The monoisotopic (exact) mass is 269 g/mol. The number of unbranched alkanes of at least 4 members (excludes halogenated alkanes) is 1. The number of hydrogen-bond acceptors (Lipinski definition) is 4. The van der Waals surface area contributed by atoms with Crippen molar-refractivity contribution < 1.29 is 9.47 Å². The molecule has 3 nitrogen and oxygen atoms in total. The lowest BCUT2D eigenvalue weighted by Crippen LogP contribution is -2.21. The van der Waals surface area contributed by atoms with E-state index in [0.717, 1.165) is 43.1 Å². The highest BCUT2D eigenvalue weighted by Crippen LogP contribution is 2.17. The Kier molecular flexibility index (Phi) is 7.69. The summed E-state index contributed by atoms with van der Waals surface area (Å²) in [5.74, 6) is 2.52. The highest BCUT2D eigenvalue weighted by Gasteiger charge is 1.99. The van der Waals surface area contributed by atoms with Gasteiger partial charge >= 0.3 is 0 Å². The SMILES string of the molecule is CCOc1ccc(OCCCC[C@H](N)CS)cc1. The number of rotatable bonds is 9. The molecule has 0 unspecified atom stereocenters. The average molecular weight is 269 g/mol. The molecule has 1 atom stereocenters. The zero-order chi connectivity index (χ0) is 13.2. The third kappa shape index (κ3) is 6.17. The van der Waals surface area contributed by atoms with E-state index in [-0.39, 0.29) is 6.04 Å². The number of hydrogen-bond donors (Lipinski definition) is 2. The van der Waals surface area contributed by atoms with Crippen molar-refractivity contribution in [3.05, 3.63) is 24.3 Å². The van der Waals surface area contributed by atoms with Crippen molar-refractivity contribution in [2.24, 2.45) is 5.73 Å². The second kappa shape index (κ2) is 9.11. The van der Waals surface area contributed by atoms with Gasteiger partial charge < -0.3 is 15.2 Å². The summed E-state index contributed by atoms with van der Waals surface area (Å²) in [5.41, 5.74) is 5.78. The molecule has 0 saturated carbocycles. The molecule has 0 aromatic heterocycles. The predicted molar refractivity (Wildman–Crippen MR) is 78.8 cm³/mol. The zero-order valence-electron chi connectivity index (χ0n) is 11.0. The van der Waals surface area contributed by atoms with Crippen molar-refractivity contribution in [2.45, 2.75) is 32.2 Å². The van der Waals surface area contributed by atoms with Gasteiger partial charge in [0.15, 0.2) is 0 Å². The quantitative estimate of drug-likeness (QED) is 0.535. The number of nitrogens with two attached hydrogens (primary N) is 1. The Morgan fingerprint density at radius 3 is 2.28 bits per heavy atom. The lowest BCUT2D eigenvalue weighted by molar-refractivity contribution is 0.302. The lowest BCUT2D eigenvalue weighted by Gasteiger charge is -2.09. The van der Waals surface area contributed by atoms with Gasteiger partial charge in [0.1, 0.15) is 11.5 Å². The minimum atomic E-state index is 0.207. The van der Waals surface area contributed by atoms with E-state index in [2.05, 4.69) is 12.6 Å². The first kappa shape index (κ1) is 15.2. The van der Waals surface area contributed by atoms with Crippen LogP contribution in [0.4, 0.5) is 0 Å². The Morgan fingerprint density at radius 2 is 1.72 bits per heavy atom. The van der Waals surface area contributed by atoms with E-state index < -0.39 is 0 Å². The van der Waals surface area contributed by atoms with E-state index in [9.17, 15) is 0 Å². The molecule has 102 valence electrons. The summed E-state index contributed by atoms with van der Waals surface area (Å²) in [6.45, 7) is 3.39. The summed E-state index contributed by atoms with van der Waals surface area (Å²) in [7, 11) is 0. The van der Waals surface area contributed by atoms with Crippen molar-refractivity contribution in [2.75, 3.05) is 19.0 Å². The number of benzene rings is 1. The van der Waals surface area contributed by atoms with E-state index >= 15 is 0 Å². The molecule has 0 amide bonds. The van der Waals surface area contributed by atoms with Gasteiger partial charge in [0.2, 0.25) is 0 Å². The average Bonchev–Trinajstić information content (AvgIpc) is 2.40. The maximum atomic E-state index is 5.78. The zero-order valence-corrected chi connectivity index (χ0v) is 11.9. The molecular formula is C14H23NO2S. The minimum Gasteiger partial charge on any atom is -0.494 e. The van der Waals surface area contributed by atoms with Crippen LogP contribution in [0.2, 0.25) is 0 Å². The van der Waals surface area contributed by atoms with Crippen LogP contribution in [-0.4, -0.2) is 25.0 Å². The summed E-state index contributed by atoms with van der Waals surface area (Å²) in [6.07, 6.45) is 3.11. The molecular weight excluding hydrogens is 246 g/mol. The Balaban J connectivity index is 2.15. The van der Waals surface area contributed by atoms with Crippen molar-refractivity contribution >= 4 is 12.6 Å². The Bertz CT molecular complexity index is 316. The van der Waals surface area contributed by atoms with Crippen LogP contribution in [0.5, 0.6) is 11.5 Å². The molecule has 0 aliphatic rings. The fraction of sp³-hybridized carbons (Fsp3) is 0.571. The molecule has 0 spiro atoms. The summed E-state index contributed by atoms with van der Waals surface area (Å²) in [5, 5.41) is 0. The van der Waals surface area contributed by atoms with E-state index in [1.807, 2.05) is 31.2 Å². The van der Waals surface area contributed by atoms with E-state index in [0.29, 0.717) is 6.61 Å². The molecule has 4 heteroatoms. The summed E-state index contributed by atoms with van der Waals surface area (Å²) >= 11 is 4.16. The summed E-state index contributed by atoms with van der Waals surface area (Å²) in [4.78, 5) is 0. The van der Waals surface area contributed by atoms with Gasteiger partial charge in [-0.15, -0.1) is 0 Å². The molecule has 0 heterocycles. The van der Waals surface area contributed by atoms with Crippen LogP contribution in [0.25, 0.3) is 0 Å². The first-order chi connectivity index (χ1) is 8.76. The van der Waals surface area contributed by atoms with Crippen LogP contribution in [0.15, 0.2) is 24.3 Å². The normalized spacial score (nSPS) is 12.2. The fourth-order valence-electron chi connectivity index (χ4n) is 1.59. The molecule has 0 aliphatic carbocycles. The third-order valence-electron chi connectivity index (χ3n) is 2.61. The molecule has 1 aromatic rings. The van der Waals surface area contributed by atoms with Gasteiger partial charge in [-0.2, -0.15) is 12.6 Å². The summed E-state index contributed by atoms with van der Waals surface area (Å²) < 4.78 is 11.0. The van der Waals surface area contributed by atoms with Gasteiger partial charge in [0, 0.05) is 11.8 Å². The first-order valence-corrected chi connectivity index (χ1v) is 7.11. The number of thiol groups is 1. The van der Waals surface area contributed by atoms with Gasteiger partial charge in [-0.1, -0.05) is 0 Å². The third-order valence-corrected chi connectivity index (χ3v) is 3.08. The van der Waals surface area contributed by atoms with Crippen LogP contribution in [0.1, 0.15) is 26.2 Å². The molecule has 0 fully saturated rings. The van der Waals surface area contributed by atoms with Crippen LogP contribution in [-0.2, 0) is 0 Å². The van der Waals surface area contributed by atoms with Gasteiger partial charge in [0.05, 0.1) is 13.2 Å². The van der Waals surface area contributed by atoms with Gasteiger partial charge in [0.25, 0.3) is 0 Å². The molecule has 0 aliphatic heterocycles. The van der Waals surface area contributed by atoms with Crippen LogP contribution in [0.3, 0.4) is 0 Å². The standard InChI is InChI=1S/C14H23NO2S/c1-2-16-13-6-8-14(9-7-13)17-10-4-3-5-12(15)11-18/h6-9,12,18H,2-5,10-11,15H2,1H3/t12-/m0/s1. The van der Waals surface area contributed by atoms with Crippen LogP contribution in [0, 0.1) is 0 Å². The largest absolute Gasteiger partial charge is 0.494 e. The highest BCUT2D eigenvalue weighted by atomic mass is 32.1. The van der Waals surface area contributed by atoms with E-state index in [1.165, 1.54) is 0 Å². The number of ether oxygens (including phenoxy) is 2. The van der Waals surface area contributed by atoms with Gasteiger partial charge in [-0.25, -0.2) is 0 Å². The molecule has 0 radical (unpaired) electrons. The molecule has 2 N–H and O–H groups in total. The fourth-order valence-corrected chi connectivity index (χ4v) is 1.77. The predicted octanol–water partition coefficient (Wildman–Crippen LogP) is 2.89. The molecule has 1 rings (SSSR count). The van der Waals surface area contributed by atoms with Gasteiger partial charge in [-0.05, 0) is 50.5 Å². The maximum absolute atomic E-state index is 5.78. The maximum Gasteiger partial charge on any atom is 0.119 e. The second-order valence-electron chi connectivity index (χ2n) is 4.19. The van der Waals surface area contributed by atoms with Crippen molar-refractivity contribution in [1.29, 1.82) is 0 Å². The van der Waals surface area contributed by atoms with E-state index in [4.69, 9.17) is 15.2 Å². The highest BCUT2D eigenvalue weighted by molar-refractivity contribution is 7.80. The molecule has 0 saturated heterocycles. The Hall–Kier alpha value is -0.870. The molecule has 1 aromatic carbocycles. The summed E-state index contributed by atoms with van der Waals surface area (Å²) in [6, 6.07) is 7.93. The molecule has 0 bridgehead atoms. The Labute approximate surface area is 115 Å². The Morgan fingerprint density at radius 1 is 1.11 bits per heavy atom. The molecule has 18 heavy (non-hydrogen) atoms. The van der Waals surface area contributed by atoms with Crippen molar-refractivity contribution in [3.63, 3.8) is 0 Å². The second-order valence-corrected chi connectivity index (χ2v) is 4.56. The topological polar surface area (TPSA) is 44.5 Å². The smallest absolute Gasteiger partial charge is 0.119 e. The van der Waals surface area contributed by atoms with Crippen LogP contribution >= 0.6 is 12.6 Å². The lowest BCUT2D eigenvalue weighted by atomic mass is 10.1. The van der Waals surface area contributed by atoms with E-state index in [1.54, 1.807) is 0 Å². The van der Waals surface area contributed by atoms with Crippen molar-refractivity contribution in [3.8, 4) is 11.5 Å². The first-order valence-electron chi connectivity index (χ1n) is 6.48. The van der Waals surface area contributed by atoms with Gasteiger partial charge in [-0.3, -0.25) is 0 Å². The van der Waals surface area contributed by atoms with Crippen molar-refractivity contribution in [1.82, 2.24) is 0 Å². The minimum absolute atomic E-state index is 0.207.